The summed E-state index contributed by atoms with van der Waals surface area (Å²) in [7, 11) is 1.66. The number of anilines is 2. The van der Waals surface area contributed by atoms with Crippen LogP contribution in [0.3, 0.4) is 0 Å². The molecule has 0 bridgehead atoms. The van der Waals surface area contributed by atoms with Crippen LogP contribution in [0.25, 0.3) is 0 Å². The lowest BCUT2D eigenvalue weighted by molar-refractivity contribution is -0.116. The lowest BCUT2D eigenvalue weighted by Crippen LogP contribution is -2.13. The molecule has 122 valence electrons. The fourth-order valence-corrected chi connectivity index (χ4v) is 2.20. The summed E-state index contributed by atoms with van der Waals surface area (Å²) in [5, 5.41) is 6.26. The molecular formula is C19H24N2O2. The van der Waals surface area contributed by atoms with Crippen molar-refractivity contribution in [3.8, 4) is 5.75 Å². The fourth-order valence-electron chi connectivity index (χ4n) is 2.20. The zero-order chi connectivity index (χ0) is 16.7. The molecule has 0 saturated heterocycles. The second-order valence-corrected chi connectivity index (χ2v) is 5.93. The van der Waals surface area contributed by atoms with Gasteiger partial charge in [0.05, 0.1) is 7.11 Å². The normalized spacial score (nSPS) is 10.4. The van der Waals surface area contributed by atoms with E-state index in [1.807, 2.05) is 62.4 Å². The largest absolute Gasteiger partial charge is 0.497 e. The van der Waals surface area contributed by atoms with Gasteiger partial charge in [0, 0.05) is 24.3 Å². The Bertz CT molecular complexity index is 619. The van der Waals surface area contributed by atoms with Crippen LogP contribution < -0.4 is 15.4 Å². The van der Waals surface area contributed by atoms with Crippen molar-refractivity contribution >= 4 is 17.3 Å². The molecule has 0 aliphatic rings. The molecule has 0 heterocycles. The van der Waals surface area contributed by atoms with E-state index in [-0.39, 0.29) is 5.91 Å². The third kappa shape index (κ3) is 5.66. The van der Waals surface area contributed by atoms with Crippen LogP contribution in [0.1, 0.15) is 25.8 Å². The Morgan fingerprint density at radius 1 is 1.00 bits per heavy atom. The van der Waals surface area contributed by atoms with E-state index in [4.69, 9.17) is 4.74 Å². The summed E-state index contributed by atoms with van der Waals surface area (Å²) in [5.41, 5.74) is 3.02. The molecule has 4 heteroatoms. The van der Waals surface area contributed by atoms with Crippen LogP contribution in [-0.2, 0) is 11.3 Å². The van der Waals surface area contributed by atoms with E-state index < -0.39 is 0 Å². The average molecular weight is 312 g/mol. The van der Waals surface area contributed by atoms with Crippen LogP contribution in [-0.4, -0.2) is 13.0 Å². The molecule has 0 aliphatic heterocycles. The number of rotatable bonds is 7. The predicted molar refractivity (Wildman–Crippen MR) is 94.8 cm³/mol. The van der Waals surface area contributed by atoms with E-state index in [2.05, 4.69) is 10.6 Å². The highest BCUT2D eigenvalue weighted by molar-refractivity contribution is 5.90. The second-order valence-electron chi connectivity index (χ2n) is 5.93. The smallest absolute Gasteiger partial charge is 0.224 e. The molecule has 0 aromatic heterocycles. The van der Waals surface area contributed by atoms with E-state index in [0.29, 0.717) is 12.3 Å². The predicted octanol–water partition coefficient (Wildman–Crippen LogP) is 4.29. The van der Waals surface area contributed by atoms with Crippen molar-refractivity contribution < 1.29 is 9.53 Å². The molecule has 23 heavy (non-hydrogen) atoms. The zero-order valence-electron chi connectivity index (χ0n) is 13.9. The van der Waals surface area contributed by atoms with Gasteiger partial charge in [-0.05, 0) is 47.9 Å². The van der Waals surface area contributed by atoms with Gasteiger partial charge >= 0.3 is 0 Å². The van der Waals surface area contributed by atoms with Crippen molar-refractivity contribution in [2.24, 2.45) is 5.92 Å². The Labute approximate surface area is 137 Å². The van der Waals surface area contributed by atoms with Gasteiger partial charge in [0.1, 0.15) is 5.75 Å². The van der Waals surface area contributed by atoms with Crippen molar-refractivity contribution in [1.82, 2.24) is 0 Å². The summed E-state index contributed by atoms with van der Waals surface area (Å²) in [4.78, 5) is 11.7. The summed E-state index contributed by atoms with van der Waals surface area (Å²) >= 11 is 0. The Morgan fingerprint density at radius 3 is 2.17 bits per heavy atom. The van der Waals surface area contributed by atoms with Gasteiger partial charge in [0.2, 0.25) is 5.91 Å². The van der Waals surface area contributed by atoms with Crippen molar-refractivity contribution in [1.29, 1.82) is 0 Å². The summed E-state index contributed by atoms with van der Waals surface area (Å²) in [5.74, 6) is 1.27. The van der Waals surface area contributed by atoms with Gasteiger partial charge in [0.15, 0.2) is 0 Å². The van der Waals surface area contributed by atoms with Gasteiger partial charge in [-0.25, -0.2) is 0 Å². The number of benzene rings is 2. The first kappa shape index (κ1) is 16.9. The molecule has 2 rings (SSSR count). The van der Waals surface area contributed by atoms with Crippen molar-refractivity contribution in [3.63, 3.8) is 0 Å². The first-order chi connectivity index (χ1) is 11.1. The van der Waals surface area contributed by atoms with E-state index in [9.17, 15) is 4.79 Å². The molecule has 2 aromatic carbocycles. The Morgan fingerprint density at radius 2 is 1.61 bits per heavy atom. The average Bonchev–Trinajstić information content (AvgIpc) is 2.54. The lowest BCUT2D eigenvalue weighted by atomic mass is 10.1. The third-order valence-corrected chi connectivity index (χ3v) is 3.42. The number of hydrogen-bond donors (Lipinski definition) is 2. The van der Waals surface area contributed by atoms with Crippen LogP contribution in [0.5, 0.6) is 5.75 Å². The summed E-state index contributed by atoms with van der Waals surface area (Å²) in [6.07, 6.45) is 0.539. The summed E-state index contributed by atoms with van der Waals surface area (Å²) in [6.45, 7) is 4.81. The van der Waals surface area contributed by atoms with E-state index in [1.54, 1.807) is 7.11 Å². The first-order valence-corrected chi connectivity index (χ1v) is 7.83. The van der Waals surface area contributed by atoms with Crippen LogP contribution in [0.15, 0.2) is 48.5 Å². The molecular weight excluding hydrogens is 288 g/mol. The first-order valence-electron chi connectivity index (χ1n) is 7.83. The van der Waals surface area contributed by atoms with E-state index in [1.165, 1.54) is 5.56 Å². The monoisotopic (exact) mass is 312 g/mol. The molecule has 0 radical (unpaired) electrons. The minimum Gasteiger partial charge on any atom is -0.497 e. The highest BCUT2D eigenvalue weighted by Crippen LogP contribution is 2.16. The number of methoxy groups -OCH3 is 1. The molecule has 2 aromatic rings. The maximum atomic E-state index is 11.7. The van der Waals surface area contributed by atoms with Gasteiger partial charge in [-0.3, -0.25) is 4.79 Å². The number of amides is 1. The molecule has 0 aliphatic carbocycles. The second kappa shape index (κ2) is 8.22. The Kier molecular flexibility index (Phi) is 6.03. The number of hydrogen-bond acceptors (Lipinski definition) is 3. The van der Waals surface area contributed by atoms with Crippen molar-refractivity contribution in [3.05, 3.63) is 54.1 Å². The standard InChI is InChI=1S/C19H24N2O2/c1-14(2)12-19(22)21-17-8-6-16(7-9-17)20-13-15-4-10-18(23-3)11-5-15/h4-11,14,20H,12-13H2,1-3H3,(H,21,22). The molecule has 2 N–H and O–H groups in total. The SMILES string of the molecule is COc1ccc(CNc2ccc(NC(=O)CC(C)C)cc2)cc1. The zero-order valence-corrected chi connectivity index (χ0v) is 13.9. The fraction of sp³-hybridized carbons (Fsp3) is 0.316. The molecule has 4 nitrogen and oxygen atoms in total. The number of carbonyl (C=O) groups is 1. The third-order valence-electron chi connectivity index (χ3n) is 3.42. The number of nitrogens with one attached hydrogen (secondary N) is 2. The minimum atomic E-state index is 0.0546. The van der Waals surface area contributed by atoms with Crippen molar-refractivity contribution in [2.45, 2.75) is 26.8 Å². The Hall–Kier alpha value is -2.49. The number of ether oxygens (including phenoxy) is 1. The maximum absolute atomic E-state index is 11.7. The topological polar surface area (TPSA) is 50.4 Å². The minimum absolute atomic E-state index is 0.0546. The molecule has 0 spiro atoms. The lowest BCUT2D eigenvalue weighted by Gasteiger charge is -2.10. The van der Waals surface area contributed by atoms with Crippen LogP contribution >= 0.6 is 0 Å². The van der Waals surface area contributed by atoms with Crippen LogP contribution in [0, 0.1) is 5.92 Å². The highest BCUT2D eigenvalue weighted by Gasteiger charge is 2.05. The Balaban J connectivity index is 1.85. The molecule has 1 amide bonds. The van der Waals surface area contributed by atoms with Gasteiger partial charge in [-0.15, -0.1) is 0 Å². The summed E-state index contributed by atoms with van der Waals surface area (Å²) < 4.78 is 5.15. The molecule has 0 atom stereocenters. The van der Waals surface area contributed by atoms with Gasteiger partial charge in [-0.1, -0.05) is 26.0 Å². The number of carbonyl (C=O) groups excluding carboxylic acids is 1. The quantitative estimate of drug-likeness (QED) is 0.802. The summed E-state index contributed by atoms with van der Waals surface area (Å²) in [6, 6.07) is 15.7. The molecule has 0 saturated carbocycles. The molecule has 0 unspecified atom stereocenters. The van der Waals surface area contributed by atoms with Crippen LogP contribution in [0.2, 0.25) is 0 Å². The van der Waals surface area contributed by atoms with Crippen LogP contribution in [0.4, 0.5) is 11.4 Å². The highest BCUT2D eigenvalue weighted by atomic mass is 16.5. The van der Waals surface area contributed by atoms with Gasteiger partial charge in [0.25, 0.3) is 0 Å². The molecule has 0 fully saturated rings. The maximum Gasteiger partial charge on any atom is 0.224 e. The van der Waals surface area contributed by atoms with Gasteiger partial charge in [-0.2, -0.15) is 0 Å². The van der Waals surface area contributed by atoms with E-state index >= 15 is 0 Å². The van der Waals surface area contributed by atoms with E-state index in [0.717, 1.165) is 23.7 Å². The van der Waals surface area contributed by atoms with Gasteiger partial charge < -0.3 is 15.4 Å². The van der Waals surface area contributed by atoms with Crippen molar-refractivity contribution in [2.75, 3.05) is 17.7 Å².